The molecular formula is C12H13NO2. The lowest BCUT2D eigenvalue weighted by atomic mass is 10.0. The van der Waals surface area contributed by atoms with Gasteiger partial charge in [-0.3, -0.25) is 4.79 Å². The van der Waals surface area contributed by atoms with Gasteiger partial charge < -0.3 is 4.74 Å². The first kappa shape index (κ1) is 11.3. The maximum atomic E-state index is 11.4. The lowest BCUT2D eigenvalue weighted by molar-refractivity contribution is 0.0997. The minimum Gasteiger partial charge on any atom is -0.496 e. The zero-order chi connectivity index (χ0) is 11.3. The number of aryl methyl sites for hydroxylation is 1. The number of rotatable bonds is 4. The number of hydrogen-bond acceptors (Lipinski definition) is 3. The summed E-state index contributed by atoms with van der Waals surface area (Å²) in [6.07, 6.45) is 0.729. The van der Waals surface area contributed by atoms with E-state index >= 15 is 0 Å². The Hall–Kier alpha value is -1.82. The second-order valence-corrected chi connectivity index (χ2v) is 3.14. The van der Waals surface area contributed by atoms with Gasteiger partial charge >= 0.3 is 0 Å². The first-order valence-electron chi connectivity index (χ1n) is 4.80. The molecule has 0 heterocycles. The van der Waals surface area contributed by atoms with Crippen LogP contribution in [0.1, 0.15) is 29.3 Å². The molecule has 3 heteroatoms. The molecule has 0 bridgehead atoms. The molecular weight excluding hydrogens is 190 g/mol. The average Bonchev–Trinajstić information content (AvgIpc) is 2.28. The number of ketones is 1. The molecule has 0 amide bonds. The molecule has 1 aromatic rings. The maximum absolute atomic E-state index is 11.4. The zero-order valence-electron chi connectivity index (χ0n) is 8.91. The number of nitrogens with zero attached hydrogens (tertiary/aromatic N) is 1. The molecule has 0 saturated carbocycles. The van der Waals surface area contributed by atoms with Gasteiger partial charge in [-0.1, -0.05) is 6.92 Å². The number of Topliss-reactive ketones (excluding diaryl/α,β-unsaturated/α-hetero) is 1. The Labute approximate surface area is 89.3 Å². The summed E-state index contributed by atoms with van der Waals surface area (Å²) in [6, 6.07) is 7.10. The minimum absolute atomic E-state index is 0.0739. The van der Waals surface area contributed by atoms with Crippen molar-refractivity contribution in [2.75, 3.05) is 7.11 Å². The van der Waals surface area contributed by atoms with E-state index in [0.717, 1.165) is 17.7 Å². The molecule has 0 fully saturated rings. The summed E-state index contributed by atoms with van der Waals surface area (Å²) in [6.45, 7) is 2.00. The van der Waals surface area contributed by atoms with Crippen LogP contribution < -0.4 is 4.74 Å². The topological polar surface area (TPSA) is 50.1 Å². The van der Waals surface area contributed by atoms with E-state index in [2.05, 4.69) is 0 Å². The van der Waals surface area contributed by atoms with Crippen LogP contribution in [0.15, 0.2) is 18.2 Å². The third kappa shape index (κ3) is 2.57. The Morgan fingerprint density at radius 1 is 1.53 bits per heavy atom. The molecule has 15 heavy (non-hydrogen) atoms. The van der Waals surface area contributed by atoms with Crippen LogP contribution in [0.25, 0.3) is 0 Å². The fourth-order valence-corrected chi connectivity index (χ4v) is 1.40. The van der Waals surface area contributed by atoms with E-state index in [4.69, 9.17) is 10.00 Å². The number of carbonyl (C=O) groups is 1. The fraction of sp³-hybridized carbons (Fsp3) is 0.333. The van der Waals surface area contributed by atoms with Crippen molar-refractivity contribution in [3.63, 3.8) is 0 Å². The van der Waals surface area contributed by atoms with Crippen LogP contribution >= 0.6 is 0 Å². The number of benzene rings is 1. The van der Waals surface area contributed by atoms with Gasteiger partial charge in [0.15, 0.2) is 5.78 Å². The third-order valence-electron chi connectivity index (χ3n) is 2.22. The third-order valence-corrected chi connectivity index (χ3v) is 2.22. The van der Waals surface area contributed by atoms with Crippen molar-refractivity contribution in [2.24, 2.45) is 0 Å². The van der Waals surface area contributed by atoms with Gasteiger partial charge in [0.05, 0.1) is 19.6 Å². The summed E-state index contributed by atoms with van der Waals surface area (Å²) in [4.78, 5) is 11.4. The molecule has 0 spiro atoms. The lowest BCUT2D eigenvalue weighted by Gasteiger charge is -2.07. The van der Waals surface area contributed by atoms with Gasteiger partial charge in [0.1, 0.15) is 5.75 Å². The monoisotopic (exact) mass is 203 g/mol. The van der Waals surface area contributed by atoms with Crippen molar-refractivity contribution in [3.05, 3.63) is 29.3 Å². The quantitative estimate of drug-likeness (QED) is 0.706. The molecule has 0 atom stereocenters. The van der Waals surface area contributed by atoms with Gasteiger partial charge in [0.25, 0.3) is 0 Å². The Morgan fingerprint density at radius 3 is 2.80 bits per heavy atom. The second kappa shape index (κ2) is 5.16. The highest BCUT2D eigenvalue weighted by molar-refractivity contribution is 5.97. The van der Waals surface area contributed by atoms with Crippen molar-refractivity contribution >= 4 is 5.78 Å². The summed E-state index contributed by atoms with van der Waals surface area (Å²) >= 11 is 0. The van der Waals surface area contributed by atoms with Crippen molar-refractivity contribution in [2.45, 2.75) is 19.8 Å². The lowest BCUT2D eigenvalue weighted by Crippen LogP contribution is -2.00. The Morgan fingerprint density at radius 2 is 2.27 bits per heavy atom. The number of nitriles is 1. The first-order chi connectivity index (χ1) is 7.22. The highest BCUT2D eigenvalue weighted by atomic mass is 16.5. The molecule has 0 N–H and O–H groups in total. The van der Waals surface area contributed by atoms with Gasteiger partial charge in [-0.25, -0.2) is 0 Å². The molecule has 0 unspecified atom stereocenters. The number of ether oxygens (including phenoxy) is 1. The van der Waals surface area contributed by atoms with Gasteiger partial charge in [0, 0.05) is 5.56 Å². The number of methoxy groups -OCH3 is 1. The molecule has 0 aliphatic rings. The van der Waals surface area contributed by atoms with Crippen LogP contribution in [-0.4, -0.2) is 12.9 Å². The molecule has 0 radical (unpaired) electrons. The van der Waals surface area contributed by atoms with E-state index in [0.29, 0.717) is 5.56 Å². The molecule has 3 nitrogen and oxygen atoms in total. The first-order valence-corrected chi connectivity index (χ1v) is 4.80. The molecule has 0 aromatic heterocycles. The van der Waals surface area contributed by atoms with E-state index in [-0.39, 0.29) is 12.2 Å². The molecule has 0 aliphatic heterocycles. The minimum atomic E-state index is -0.144. The van der Waals surface area contributed by atoms with Crippen molar-refractivity contribution in [1.29, 1.82) is 5.26 Å². The van der Waals surface area contributed by atoms with E-state index in [9.17, 15) is 4.79 Å². The largest absolute Gasteiger partial charge is 0.496 e. The highest BCUT2D eigenvalue weighted by Crippen LogP contribution is 2.20. The normalized spacial score (nSPS) is 9.40. The Kier molecular flexibility index (Phi) is 3.87. The van der Waals surface area contributed by atoms with Crippen LogP contribution in [0, 0.1) is 11.3 Å². The second-order valence-electron chi connectivity index (χ2n) is 3.14. The van der Waals surface area contributed by atoms with Crippen LogP contribution in [0.2, 0.25) is 0 Å². The summed E-state index contributed by atoms with van der Waals surface area (Å²) in [5.41, 5.74) is 1.57. The van der Waals surface area contributed by atoms with Crippen LogP contribution in [0.4, 0.5) is 0 Å². The van der Waals surface area contributed by atoms with Crippen molar-refractivity contribution < 1.29 is 9.53 Å². The SMILES string of the molecule is CCc1cc(C(=O)CC#N)ccc1OC. The van der Waals surface area contributed by atoms with Gasteiger partial charge in [-0.2, -0.15) is 5.26 Å². The van der Waals surface area contributed by atoms with Crippen molar-refractivity contribution in [3.8, 4) is 11.8 Å². The fourth-order valence-electron chi connectivity index (χ4n) is 1.40. The number of hydrogen-bond donors (Lipinski definition) is 0. The molecule has 0 aliphatic carbocycles. The molecule has 1 aromatic carbocycles. The van der Waals surface area contributed by atoms with E-state index < -0.39 is 0 Å². The van der Waals surface area contributed by atoms with Crippen LogP contribution in [0.5, 0.6) is 5.75 Å². The van der Waals surface area contributed by atoms with Gasteiger partial charge in [-0.15, -0.1) is 0 Å². The van der Waals surface area contributed by atoms with Gasteiger partial charge in [-0.05, 0) is 30.2 Å². The molecule has 1 rings (SSSR count). The molecule has 78 valence electrons. The standard InChI is InChI=1S/C12H13NO2/c1-3-9-8-10(11(14)6-7-13)4-5-12(9)15-2/h4-5,8H,3,6H2,1-2H3. The average molecular weight is 203 g/mol. The predicted octanol–water partition coefficient (Wildman–Crippen LogP) is 2.35. The van der Waals surface area contributed by atoms with Crippen molar-refractivity contribution in [1.82, 2.24) is 0 Å². The van der Waals surface area contributed by atoms with E-state index in [1.165, 1.54) is 0 Å². The number of carbonyl (C=O) groups excluding carboxylic acids is 1. The predicted molar refractivity (Wildman–Crippen MR) is 56.9 cm³/mol. The Balaban J connectivity index is 3.03. The van der Waals surface area contributed by atoms with Crippen LogP contribution in [-0.2, 0) is 6.42 Å². The summed E-state index contributed by atoms with van der Waals surface area (Å²) < 4.78 is 5.15. The maximum Gasteiger partial charge on any atom is 0.176 e. The summed E-state index contributed by atoms with van der Waals surface area (Å²) in [5, 5.41) is 8.43. The summed E-state index contributed by atoms with van der Waals surface area (Å²) in [5.74, 6) is 0.640. The smallest absolute Gasteiger partial charge is 0.176 e. The van der Waals surface area contributed by atoms with Crippen LogP contribution in [0.3, 0.4) is 0 Å². The highest BCUT2D eigenvalue weighted by Gasteiger charge is 2.08. The summed E-state index contributed by atoms with van der Waals surface area (Å²) in [7, 11) is 1.60. The Bertz CT molecular complexity index is 405. The van der Waals surface area contributed by atoms with E-state index in [1.54, 1.807) is 25.3 Å². The van der Waals surface area contributed by atoms with Gasteiger partial charge in [0.2, 0.25) is 0 Å². The zero-order valence-corrected chi connectivity index (χ0v) is 8.91. The molecule has 0 saturated heterocycles. The van der Waals surface area contributed by atoms with E-state index in [1.807, 2.05) is 13.0 Å².